The zero-order chi connectivity index (χ0) is 14.5. The van der Waals surface area contributed by atoms with Gasteiger partial charge in [-0.3, -0.25) is 14.9 Å². The van der Waals surface area contributed by atoms with Gasteiger partial charge in [0.25, 0.3) is 5.91 Å². The van der Waals surface area contributed by atoms with E-state index in [2.05, 4.69) is 20.7 Å². The van der Waals surface area contributed by atoms with Gasteiger partial charge in [-0.2, -0.15) is 10.6 Å². The minimum absolute atomic E-state index is 0.359. The third-order valence-electron chi connectivity index (χ3n) is 2.86. The molecule has 0 saturated carbocycles. The minimum atomic E-state index is -0.359. The third kappa shape index (κ3) is 2.89. The predicted octanol–water partition coefficient (Wildman–Crippen LogP) is 2.20. The molecule has 6 heteroatoms. The van der Waals surface area contributed by atoms with E-state index >= 15 is 0 Å². The number of nitrogens with one attached hydrogen (secondary N) is 2. The van der Waals surface area contributed by atoms with Crippen LogP contribution in [-0.2, 0) is 0 Å². The Morgan fingerprint density at radius 1 is 1.10 bits per heavy atom. The normalized spacial score (nSPS) is 10.1. The van der Waals surface area contributed by atoms with Crippen molar-refractivity contribution in [2.75, 3.05) is 0 Å². The van der Waals surface area contributed by atoms with Crippen molar-refractivity contribution >= 4 is 5.91 Å². The summed E-state index contributed by atoms with van der Waals surface area (Å²) in [5.74, 6) is 0.168. The molecule has 0 aliphatic rings. The highest BCUT2D eigenvalue weighted by Crippen LogP contribution is 2.27. The Kier molecular flexibility index (Phi) is 3.60. The standard InChI is InChI=1S/C15H12N4O2/c20-15(11-4-3-8-16-10-11)19-21-14-6-2-1-5-12(14)13-7-9-17-18-13/h1-10H,(H,17,18)(H,19,20). The van der Waals surface area contributed by atoms with E-state index in [1.165, 1.54) is 6.20 Å². The molecule has 0 bridgehead atoms. The van der Waals surface area contributed by atoms with Crippen LogP contribution in [0.25, 0.3) is 11.3 Å². The second-order valence-electron chi connectivity index (χ2n) is 4.24. The van der Waals surface area contributed by atoms with E-state index < -0.39 is 0 Å². The van der Waals surface area contributed by atoms with E-state index in [4.69, 9.17) is 4.84 Å². The summed E-state index contributed by atoms with van der Waals surface area (Å²) in [6, 6.07) is 12.5. The van der Waals surface area contributed by atoms with Crippen molar-refractivity contribution in [1.29, 1.82) is 0 Å². The molecular weight excluding hydrogens is 268 g/mol. The summed E-state index contributed by atoms with van der Waals surface area (Å²) in [5.41, 5.74) is 4.45. The molecule has 0 spiro atoms. The number of benzene rings is 1. The number of carbonyl (C=O) groups is 1. The number of aromatic amines is 1. The van der Waals surface area contributed by atoms with Crippen molar-refractivity contribution in [1.82, 2.24) is 20.7 Å². The molecule has 2 aromatic heterocycles. The van der Waals surface area contributed by atoms with E-state index in [0.717, 1.165) is 11.3 Å². The molecule has 2 heterocycles. The quantitative estimate of drug-likeness (QED) is 0.718. The Hall–Kier alpha value is -3.15. The molecule has 0 fully saturated rings. The average molecular weight is 280 g/mol. The van der Waals surface area contributed by atoms with Crippen molar-refractivity contribution in [2.45, 2.75) is 0 Å². The number of aromatic nitrogens is 3. The Morgan fingerprint density at radius 3 is 2.76 bits per heavy atom. The molecule has 0 aliphatic carbocycles. The van der Waals surface area contributed by atoms with Crippen LogP contribution in [-0.4, -0.2) is 21.1 Å². The van der Waals surface area contributed by atoms with Crippen LogP contribution in [0.1, 0.15) is 10.4 Å². The number of carbonyl (C=O) groups excluding carboxylic acids is 1. The third-order valence-corrected chi connectivity index (χ3v) is 2.86. The fourth-order valence-electron chi connectivity index (χ4n) is 1.84. The summed E-state index contributed by atoms with van der Waals surface area (Å²) in [6.45, 7) is 0. The Labute approximate surface area is 120 Å². The Bertz CT molecular complexity index is 726. The SMILES string of the molecule is O=C(NOc1ccccc1-c1ccn[nH]1)c1cccnc1. The van der Waals surface area contributed by atoms with Gasteiger partial charge in [-0.25, -0.2) is 0 Å². The smallest absolute Gasteiger partial charge is 0.285 e. The lowest BCUT2D eigenvalue weighted by Crippen LogP contribution is -2.27. The molecule has 104 valence electrons. The molecule has 3 rings (SSSR count). The number of nitrogens with zero attached hydrogens (tertiary/aromatic N) is 2. The molecule has 1 amide bonds. The van der Waals surface area contributed by atoms with E-state index in [0.29, 0.717) is 11.3 Å². The fraction of sp³-hybridized carbons (Fsp3) is 0. The Balaban J connectivity index is 1.76. The second kappa shape index (κ2) is 5.87. The lowest BCUT2D eigenvalue weighted by Gasteiger charge is -2.10. The van der Waals surface area contributed by atoms with Crippen LogP contribution >= 0.6 is 0 Å². The van der Waals surface area contributed by atoms with E-state index in [9.17, 15) is 4.79 Å². The van der Waals surface area contributed by atoms with E-state index in [1.807, 2.05) is 24.3 Å². The largest absolute Gasteiger partial charge is 0.379 e. The van der Waals surface area contributed by atoms with Crippen molar-refractivity contribution < 1.29 is 9.63 Å². The van der Waals surface area contributed by atoms with Gasteiger partial charge < -0.3 is 4.84 Å². The van der Waals surface area contributed by atoms with Crippen LogP contribution in [0.15, 0.2) is 61.1 Å². The molecule has 6 nitrogen and oxygen atoms in total. The first kappa shape index (κ1) is 12.9. The molecule has 0 saturated heterocycles. The number of hydrogen-bond donors (Lipinski definition) is 2. The van der Waals surface area contributed by atoms with Crippen LogP contribution in [0.3, 0.4) is 0 Å². The molecule has 0 radical (unpaired) electrons. The molecule has 2 N–H and O–H groups in total. The number of hydroxylamine groups is 1. The zero-order valence-electron chi connectivity index (χ0n) is 11.0. The van der Waals surface area contributed by atoms with E-state index in [1.54, 1.807) is 30.6 Å². The predicted molar refractivity (Wildman–Crippen MR) is 76.4 cm³/mol. The van der Waals surface area contributed by atoms with Crippen molar-refractivity contribution in [3.8, 4) is 17.0 Å². The number of para-hydroxylation sites is 1. The molecule has 0 atom stereocenters. The van der Waals surface area contributed by atoms with Gasteiger partial charge in [0.1, 0.15) is 0 Å². The first-order chi connectivity index (χ1) is 10.3. The lowest BCUT2D eigenvalue weighted by molar-refractivity contribution is 0.0760. The summed E-state index contributed by atoms with van der Waals surface area (Å²) in [7, 11) is 0. The first-order valence-corrected chi connectivity index (χ1v) is 6.30. The van der Waals surface area contributed by atoms with Crippen LogP contribution in [0.5, 0.6) is 5.75 Å². The highest BCUT2D eigenvalue weighted by Gasteiger charge is 2.10. The summed E-state index contributed by atoms with van der Waals surface area (Å²) in [5, 5.41) is 6.77. The minimum Gasteiger partial charge on any atom is -0.379 e. The number of amides is 1. The maximum absolute atomic E-state index is 11.9. The highest BCUT2D eigenvalue weighted by atomic mass is 16.7. The molecular formula is C15H12N4O2. The number of hydrogen-bond acceptors (Lipinski definition) is 4. The van der Waals surface area contributed by atoms with Crippen molar-refractivity contribution in [3.05, 3.63) is 66.6 Å². The molecule has 1 aromatic carbocycles. The monoisotopic (exact) mass is 280 g/mol. The van der Waals surface area contributed by atoms with Crippen LogP contribution in [0.2, 0.25) is 0 Å². The van der Waals surface area contributed by atoms with Gasteiger partial charge in [-0.15, -0.1) is 0 Å². The van der Waals surface area contributed by atoms with E-state index in [-0.39, 0.29) is 5.91 Å². The molecule has 0 unspecified atom stereocenters. The summed E-state index contributed by atoms with van der Waals surface area (Å²) in [6.07, 6.45) is 4.73. The summed E-state index contributed by atoms with van der Waals surface area (Å²) < 4.78 is 0. The van der Waals surface area contributed by atoms with Gasteiger partial charge in [0.05, 0.1) is 11.3 Å². The van der Waals surface area contributed by atoms with Crippen LogP contribution < -0.4 is 10.3 Å². The summed E-state index contributed by atoms with van der Waals surface area (Å²) in [4.78, 5) is 21.2. The number of rotatable bonds is 4. The van der Waals surface area contributed by atoms with Gasteiger partial charge >= 0.3 is 0 Å². The van der Waals surface area contributed by atoms with Gasteiger partial charge in [0.2, 0.25) is 0 Å². The number of pyridine rings is 1. The Morgan fingerprint density at radius 2 is 2.00 bits per heavy atom. The van der Waals surface area contributed by atoms with Crippen LogP contribution in [0, 0.1) is 0 Å². The fourth-order valence-corrected chi connectivity index (χ4v) is 1.84. The van der Waals surface area contributed by atoms with Gasteiger partial charge in [-0.05, 0) is 30.3 Å². The number of H-pyrrole nitrogens is 1. The molecule has 0 aliphatic heterocycles. The second-order valence-corrected chi connectivity index (χ2v) is 4.24. The van der Waals surface area contributed by atoms with Gasteiger partial charge in [0.15, 0.2) is 5.75 Å². The van der Waals surface area contributed by atoms with Gasteiger partial charge in [0, 0.05) is 24.2 Å². The lowest BCUT2D eigenvalue weighted by atomic mass is 10.1. The zero-order valence-corrected chi connectivity index (χ0v) is 11.0. The van der Waals surface area contributed by atoms with Crippen molar-refractivity contribution in [3.63, 3.8) is 0 Å². The topological polar surface area (TPSA) is 79.9 Å². The van der Waals surface area contributed by atoms with Crippen LogP contribution in [0.4, 0.5) is 0 Å². The maximum atomic E-state index is 11.9. The first-order valence-electron chi connectivity index (χ1n) is 6.30. The molecule has 21 heavy (non-hydrogen) atoms. The maximum Gasteiger partial charge on any atom is 0.285 e. The van der Waals surface area contributed by atoms with Gasteiger partial charge in [-0.1, -0.05) is 12.1 Å². The van der Waals surface area contributed by atoms with Crippen molar-refractivity contribution in [2.24, 2.45) is 0 Å². The summed E-state index contributed by atoms with van der Waals surface area (Å²) >= 11 is 0. The molecule has 3 aromatic rings. The highest BCUT2D eigenvalue weighted by molar-refractivity contribution is 5.93. The average Bonchev–Trinajstić information content (AvgIpc) is 3.08.